The van der Waals surface area contributed by atoms with E-state index in [0.717, 1.165) is 38.8 Å². The predicted molar refractivity (Wildman–Crippen MR) is 63.0 cm³/mol. The summed E-state index contributed by atoms with van der Waals surface area (Å²) >= 11 is 0. The van der Waals surface area contributed by atoms with Crippen LogP contribution >= 0.6 is 0 Å². The number of carbonyl (C=O) groups is 2. The maximum atomic E-state index is 12.0. The molecule has 0 unspecified atom stereocenters. The molecule has 1 aliphatic carbocycles. The molecule has 1 saturated carbocycles. The molecule has 2 heterocycles. The summed E-state index contributed by atoms with van der Waals surface area (Å²) in [6.07, 6.45) is 5.23. The van der Waals surface area contributed by atoms with Crippen molar-refractivity contribution in [1.82, 2.24) is 9.88 Å². The van der Waals surface area contributed by atoms with Crippen molar-refractivity contribution in [3.63, 3.8) is 0 Å². The van der Waals surface area contributed by atoms with Gasteiger partial charge in [-0.05, 0) is 25.7 Å². The van der Waals surface area contributed by atoms with Gasteiger partial charge in [-0.25, -0.2) is 0 Å². The molecule has 6 heteroatoms. The van der Waals surface area contributed by atoms with Crippen molar-refractivity contribution in [2.24, 2.45) is 5.92 Å². The van der Waals surface area contributed by atoms with E-state index in [9.17, 15) is 9.59 Å². The van der Waals surface area contributed by atoms with Crippen molar-refractivity contribution >= 4 is 17.8 Å². The number of amides is 2. The molecule has 2 fully saturated rings. The van der Waals surface area contributed by atoms with Gasteiger partial charge in [0, 0.05) is 19.0 Å². The normalized spacial score (nSPS) is 19.0. The Morgan fingerprint density at radius 1 is 1.33 bits per heavy atom. The van der Waals surface area contributed by atoms with Crippen LogP contribution in [0.1, 0.15) is 36.2 Å². The average molecular weight is 249 g/mol. The first-order chi connectivity index (χ1) is 8.74. The predicted octanol–water partition coefficient (Wildman–Crippen LogP) is 1.26. The van der Waals surface area contributed by atoms with E-state index in [0.29, 0.717) is 0 Å². The molecule has 0 aromatic carbocycles. The largest absolute Gasteiger partial charge is 0.431 e. The number of hydrogen-bond donors (Lipinski definition) is 1. The Bertz CT molecular complexity index is 473. The molecule has 3 rings (SSSR count). The molecule has 1 N–H and O–H groups in total. The van der Waals surface area contributed by atoms with E-state index in [4.69, 9.17) is 4.42 Å². The fraction of sp³-hybridized carbons (Fsp3) is 0.583. The van der Waals surface area contributed by atoms with E-state index in [1.807, 2.05) is 0 Å². The fourth-order valence-electron chi connectivity index (χ4n) is 2.06. The first-order valence-corrected chi connectivity index (χ1v) is 6.30. The second-order valence-electron chi connectivity index (χ2n) is 4.80. The summed E-state index contributed by atoms with van der Waals surface area (Å²) in [6.45, 7) is 1.55. The van der Waals surface area contributed by atoms with E-state index in [1.165, 1.54) is 6.26 Å². The molecule has 1 aliphatic heterocycles. The minimum Gasteiger partial charge on any atom is -0.431 e. The zero-order chi connectivity index (χ0) is 12.5. The quantitative estimate of drug-likeness (QED) is 0.875. The number of anilines is 1. The van der Waals surface area contributed by atoms with Crippen molar-refractivity contribution in [2.45, 2.75) is 25.7 Å². The maximum Gasteiger partial charge on any atom is 0.302 e. The van der Waals surface area contributed by atoms with Crippen LogP contribution < -0.4 is 5.32 Å². The SMILES string of the molecule is O=C(Nc1nc(C(=O)N2CCCC2)co1)C1CC1. The van der Waals surface area contributed by atoms with Crippen LogP contribution in [0.15, 0.2) is 10.7 Å². The molecular formula is C12H15N3O3. The Hall–Kier alpha value is -1.85. The lowest BCUT2D eigenvalue weighted by atomic mass is 10.4. The summed E-state index contributed by atoms with van der Waals surface area (Å²) in [5.41, 5.74) is 0.267. The summed E-state index contributed by atoms with van der Waals surface area (Å²) in [5, 5.41) is 2.58. The van der Waals surface area contributed by atoms with Gasteiger partial charge in [0.25, 0.3) is 5.91 Å². The molecule has 1 saturated heterocycles. The van der Waals surface area contributed by atoms with E-state index in [-0.39, 0.29) is 29.4 Å². The van der Waals surface area contributed by atoms with Crippen LogP contribution in [-0.4, -0.2) is 34.8 Å². The summed E-state index contributed by atoms with van der Waals surface area (Å²) < 4.78 is 5.10. The molecule has 1 aromatic heterocycles. The first kappa shape index (κ1) is 11.3. The van der Waals surface area contributed by atoms with Gasteiger partial charge in [0.2, 0.25) is 5.91 Å². The monoisotopic (exact) mass is 249 g/mol. The van der Waals surface area contributed by atoms with Crippen LogP contribution in [0, 0.1) is 5.92 Å². The van der Waals surface area contributed by atoms with Crippen molar-refractivity contribution in [1.29, 1.82) is 0 Å². The van der Waals surface area contributed by atoms with Crippen molar-refractivity contribution in [3.05, 3.63) is 12.0 Å². The summed E-state index contributed by atoms with van der Waals surface area (Å²) in [4.78, 5) is 29.3. The molecule has 0 bridgehead atoms. The van der Waals surface area contributed by atoms with Gasteiger partial charge in [-0.1, -0.05) is 0 Å². The Morgan fingerprint density at radius 2 is 2.06 bits per heavy atom. The third-order valence-corrected chi connectivity index (χ3v) is 3.29. The molecular weight excluding hydrogens is 234 g/mol. The summed E-state index contributed by atoms with van der Waals surface area (Å²) in [6, 6.07) is 0.120. The lowest BCUT2D eigenvalue weighted by molar-refractivity contribution is -0.117. The van der Waals surface area contributed by atoms with Crippen LogP contribution in [0.5, 0.6) is 0 Å². The van der Waals surface area contributed by atoms with E-state index < -0.39 is 0 Å². The first-order valence-electron chi connectivity index (χ1n) is 6.30. The molecule has 6 nitrogen and oxygen atoms in total. The van der Waals surface area contributed by atoms with Gasteiger partial charge < -0.3 is 9.32 Å². The number of oxazole rings is 1. The third-order valence-electron chi connectivity index (χ3n) is 3.29. The maximum absolute atomic E-state index is 12.0. The van der Waals surface area contributed by atoms with Crippen molar-refractivity contribution < 1.29 is 14.0 Å². The Labute approximate surface area is 104 Å². The van der Waals surface area contributed by atoms with E-state index in [1.54, 1.807) is 4.90 Å². The molecule has 18 heavy (non-hydrogen) atoms. The number of carbonyl (C=O) groups excluding carboxylic acids is 2. The number of nitrogens with zero attached hydrogens (tertiary/aromatic N) is 2. The molecule has 2 amide bonds. The lowest BCUT2D eigenvalue weighted by Gasteiger charge is -2.12. The summed E-state index contributed by atoms with van der Waals surface area (Å²) in [7, 11) is 0. The van der Waals surface area contributed by atoms with Crippen LogP contribution in [0.2, 0.25) is 0 Å². The molecule has 1 aromatic rings. The second kappa shape index (κ2) is 4.44. The Kier molecular flexibility index (Phi) is 2.77. The highest BCUT2D eigenvalue weighted by molar-refractivity contribution is 5.94. The van der Waals surface area contributed by atoms with E-state index >= 15 is 0 Å². The Balaban J connectivity index is 1.64. The highest BCUT2D eigenvalue weighted by Crippen LogP contribution is 2.30. The van der Waals surface area contributed by atoms with E-state index in [2.05, 4.69) is 10.3 Å². The van der Waals surface area contributed by atoms with Gasteiger partial charge in [0.15, 0.2) is 5.69 Å². The highest BCUT2D eigenvalue weighted by atomic mass is 16.4. The van der Waals surface area contributed by atoms with Gasteiger partial charge in [-0.15, -0.1) is 0 Å². The van der Waals surface area contributed by atoms with Crippen LogP contribution in [0.4, 0.5) is 6.01 Å². The smallest absolute Gasteiger partial charge is 0.302 e. The zero-order valence-electron chi connectivity index (χ0n) is 10.0. The molecule has 0 radical (unpaired) electrons. The molecule has 0 atom stereocenters. The number of rotatable bonds is 3. The van der Waals surface area contributed by atoms with Gasteiger partial charge in [-0.2, -0.15) is 4.98 Å². The highest BCUT2D eigenvalue weighted by Gasteiger charge is 2.31. The minimum atomic E-state index is -0.122. The second-order valence-corrected chi connectivity index (χ2v) is 4.80. The third kappa shape index (κ3) is 2.23. The molecule has 2 aliphatic rings. The Morgan fingerprint density at radius 3 is 2.72 bits per heavy atom. The average Bonchev–Trinajstić information content (AvgIpc) is 2.90. The van der Waals surface area contributed by atoms with Gasteiger partial charge >= 0.3 is 6.01 Å². The zero-order valence-corrected chi connectivity index (χ0v) is 10.0. The number of hydrogen-bond acceptors (Lipinski definition) is 4. The molecule has 96 valence electrons. The minimum absolute atomic E-state index is 0.0722. The van der Waals surface area contributed by atoms with Crippen LogP contribution in [0.25, 0.3) is 0 Å². The standard InChI is InChI=1S/C12H15N3O3/c16-10(8-3-4-8)14-12-13-9(7-18-12)11(17)15-5-1-2-6-15/h7-8H,1-6H2,(H,13,14,16). The van der Waals surface area contributed by atoms with Crippen LogP contribution in [-0.2, 0) is 4.79 Å². The fourth-order valence-corrected chi connectivity index (χ4v) is 2.06. The van der Waals surface area contributed by atoms with Crippen molar-refractivity contribution in [2.75, 3.05) is 18.4 Å². The number of nitrogens with one attached hydrogen (secondary N) is 1. The number of likely N-dealkylation sites (tertiary alicyclic amines) is 1. The summed E-state index contributed by atoms with van der Waals surface area (Å²) in [5.74, 6) is -0.102. The van der Waals surface area contributed by atoms with Crippen LogP contribution in [0.3, 0.4) is 0 Å². The lowest BCUT2D eigenvalue weighted by Crippen LogP contribution is -2.27. The topological polar surface area (TPSA) is 75.4 Å². The van der Waals surface area contributed by atoms with Gasteiger partial charge in [-0.3, -0.25) is 14.9 Å². The van der Waals surface area contributed by atoms with Crippen molar-refractivity contribution in [3.8, 4) is 0 Å². The molecule has 0 spiro atoms. The number of aromatic nitrogens is 1. The van der Waals surface area contributed by atoms with Gasteiger partial charge in [0.1, 0.15) is 6.26 Å². The van der Waals surface area contributed by atoms with Gasteiger partial charge in [0.05, 0.1) is 0 Å².